The van der Waals surface area contributed by atoms with E-state index in [1.165, 1.54) is 5.56 Å². The minimum absolute atomic E-state index is 0.0536. The number of ketones is 3. The van der Waals surface area contributed by atoms with E-state index in [1.807, 2.05) is 32.9 Å². The van der Waals surface area contributed by atoms with Crippen LogP contribution in [0.4, 0.5) is 0 Å². The minimum Gasteiger partial charge on any atom is -0.511 e. The van der Waals surface area contributed by atoms with Crippen LogP contribution in [-0.4, -0.2) is 43.4 Å². The van der Waals surface area contributed by atoms with Crippen molar-refractivity contribution in [3.05, 3.63) is 105 Å². The zero-order chi connectivity index (χ0) is 32.8. The molecule has 0 saturated heterocycles. The number of rotatable bonds is 5. The van der Waals surface area contributed by atoms with Crippen molar-refractivity contribution in [2.75, 3.05) is 0 Å². The highest BCUT2D eigenvalue weighted by molar-refractivity contribution is 6.25. The number of hydrogen-bond donors (Lipinski definition) is 4. The summed E-state index contributed by atoms with van der Waals surface area (Å²) < 4.78 is 0. The van der Waals surface area contributed by atoms with Gasteiger partial charge >= 0.3 is 0 Å². The first-order valence-corrected chi connectivity index (χ1v) is 15.6. The summed E-state index contributed by atoms with van der Waals surface area (Å²) in [6, 6.07) is 12.0. The summed E-state index contributed by atoms with van der Waals surface area (Å²) in [4.78, 5) is 40.7. The lowest BCUT2D eigenvalue weighted by atomic mass is 9.44. The Hall–Kier alpha value is -4.23. The molecule has 7 heteroatoms. The van der Waals surface area contributed by atoms with Gasteiger partial charge in [-0.2, -0.15) is 0 Å². The van der Waals surface area contributed by atoms with Crippen molar-refractivity contribution in [3.8, 4) is 5.75 Å². The summed E-state index contributed by atoms with van der Waals surface area (Å²) in [5.41, 5.74) is -0.0555. The molecule has 4 aliphatic rings. The number of fused-ring (bicyclic) bond motifs is 3. The largest absolute Gasteiger partial charge is 0.511 e. The summed E-state index contributed by atoms with van der Waals surface area (Å²) in [6.07, 6.45) is 5.71. The van der Waals surface area contributed by atoms with Crippen molar-refractivity contribution >= 4 is 22.9 Å². The van der Waals surface area contributed by atoms with Gasteiger partial charge in [-0.15, -0.1) is 0 Å². The first-order chi connectivity index (χ1) is 21.0. The summed E-state index contributed by atoms with van der Waals surface area (Å²) >= 11 is 0. The van der Waals surface area contributed by atoms with E-state index in [0.29, 0.717) is 24.0 Å². The van der Waals surface area contributed by atoms with Crippen molar-refractivity contribution in [2.45, 2.75) is 72.8 Å². The zero-order valence-electron chi connectivity index (χ0n) is 26.6. The molecule has 0 aromatic heterocycles. The van der Waals surface area contributed by atoms with Crippen LogP contribution in [0.3, 0.4) is 0 Å². The number of aryl methyl sites for hydroxylation is 1. The Morgan fingerprint density at radius 3 is 2.31 bits per heavy atom. The molecule has 0 bridgehead atoms. The molecule has 2 aromatic carbocycles. The number of benzene rings is 2. The van der Waals surface area contributed by atoms with Gasteiger partial charge in [-0.1, -0.05) is 87.4 Å². The number of Topliss-reactive ketones (excluding diaryl/α,β-unsaturated/α-hetero) is 3. The average Bonchev–Trinajstić information content (AvgIpc) is 3.41. The monoisotopic (exact) mass is 608 g/mol. The first kappa shape index (κ1) is 30.8. The van der Waals surface area contributed by atoms with Gasteiger partial charge in [0.1, 0.15) is 22.8 Å². The number of aliphatic hydroxyl groups excluding tert-OH is 2. The second kappa shape index (κ2) is 10.1. The molecular weight excluding hydrogens is 568 g/mol. The van der Waals surface area contributed by atoms with Crippen LogP contribution in [0.15, 0.2) is 76.8 Å². The third kappa shape index (κ3) is 4.23. The molecule has 0 spiro atoms. The van der Waals surface area contributed by atoms with Gasteiger partial charge in [0.2, 0.25) is 5.78 Å². The van der Waals surface area contributed by atoms with Crippen molar-refractivity contribution in [1.29, 1.82) is 0 Å². The van der Waals surface area contributed by atoms with Gasteiger partial charge < -0.3 is 20.4 Å². The third-order valence-electron chi connectivity index (χ3n) is 10.7. The van der Waals surface area contributed by atoms with Crippen LogP contribution in [0.5, 0.6) is 5.75 Å². The average molecular weight is 609 g/mol. The maximum absolute atomic E-state index is 14.3. The number of phenolic OH excluding ortho intramolecular Hbond substituents is 1. The van der Waals surface area contributed by atoms with E-state index in [2.05, 4.69) is 36.4 Å². The van der Waals surface area contributed by atoms with E-state index in [0.717, 1.165) is 23.6 Å². The maximum Gasteiger partial charge on any atom is 0.209 e. The summed E-state index contributed by atoms with van der Waals surface area (Å²) in [5, 5.41) is 46.8. The van der Waals surface area contributed by atoms with Gasteiger partial charge in [0.15, 0.2) is 17.2 Å². The van der Waals surface area contributed by atoms with Crippen molar-refractivity contribution in [2.24, 2.45) is 22.7 Å². The maximum atomic E-state index is 14.3. The lowest BCUT2D eigenvalue weighted by Gasteiger charge is -2.59. The zero-order valence-corrected chi connectivity index (χ0v) is 26.6. The number of hydrogen-bond acceptors (Lipinski definition) is 7. The molecule has 234 valence electrons. The van der Waals surface area contributed by atoms with E-state index >= 15 is 0 Å². The highest BCUT2D eigenvalue weighted by Gasteiger charge is 2.71. The van der Waals surface area contributed by atoms with E-state index in [1.54, 1.807) is 13.8 Å². The number of aromatic hydroxyl groups is 1. The Labute approximate surface area is 263 Å². The lowest BCUT2D eigenvalue weighted by molar-refractivity contribution is -0.171. The van der Waals surface area contributed by atoms with E-state index in [9.17, 15) is 34.8 Å². The Morgan fingerprint density at radius 1 is 1.02 bits per heavy atom. The van der Waals surface area contributed by atoms with Crippen molar-refractivity contribution in [1.82, 2.24) is 0 Å². The Balaban J connectivity index is 1.42. The number of phenols is 1. The smallest absolute Gasteiger partial charge is 0.209 e. The normalized spacial score (nSPS) is 29.4. The van der Waals surface area contributed by atoms with Crippen LogP contribution in [-0.2, 0) is 22.4 Å². The lowest BCUT2D eigenvalue weighted by Crippen LogP contribution is -2.67. The first-order valence-electron chi connectivity index (χ1n) is 15.6. The summed E-state index contributed by atoms with van der Waals surface area (Å²) in [6.45, 7) is 10.2. The molecule has 45 heavy (non-hydrogen) atoms. The minimum atomic E-state index is -2.61. The fraction of sp³-hybridized carbons (Fsp3) is 0.395. The molecule has 4 N–H and O–H groups in total. The number of aliphatic hydroxyl groups is 3. The van der Waals surface area contributed by atoms with Crippen molar-refractivity contribution in [3.63, 3.8) is 0 Å². The number of carbonyl (C=O) groups excluding carboxylic acids is 3. The Kier molecular flexibility index (Phi) is 6.94. The van der Waals surface area contributed by atoms with Crippen LogP contribution in [0, 0.1) is 29.6 Å². The third-order valence-corrected chi connectivity index (χ3v) is 10.7. The highest BCUT2D eigenvalue weighted by atomic mass is 16.3. The van der Waals surface area contributed by atoms with Gasteiger partial charge in [-0.25, -0.2) is 0 Å². The summed E-state index contributed by atoms with van der Waals surface area (Å²) in [7, 11) is 0. The van der Waals surface area contributed by atoms with Crippen LogP contribution < -0.4 is 0 Å². The summed E-state index contributed by atoms with van der Waals surface area (Å²) in [5.74, 6) is -5.01. The Bertz CT molecular complexity index is 1820. The van der Waals surface area contributed by atoms with E-state index in [-0.39, 0.29) is 41.4 Å². The molecule has 4 atom stereocenters. The molecule has 6 rings (SSSR count). The quantitative estimate of drug-likeness (QED) is 0.281. The standard InChI is InChI=1S/C38H40O7/c1-19(2)29-32(41)27(21(4)39)34(43)38(45)35(44)30-33(42)28-26(17-36(30,5)18-37(29,38)6)14-13-25(31(28)40)16-22-9-12-24(15-22)23-10-7-20(3)8-11-23/h7-8,10-15,19,29,40-41,44-45H,9,16-18H2,1-6H3/t29?,36-,37-,38+/m1/s1. The molecular formula is C38H40O7. The van der Waals surface area contributed by atoms with Crippen LogP contribution in [0.25, 0.3) is 5.57 Å². The van der Waals surface area contributed by atoms with Gasteiger partial charge in [0.25, 0.3) is 0 Å². The Morgan fingerprint density at radius 2 is 1.69 bits per heavy atom. The topological polar surface area (TPSA) is 132 Å². The second-order valence-corrected chi connectivity index (χ2v) is 14.3. The van der Waals surface area contributed by atoms with Crippen LogP contribution in [0.2, 0.25) is 0 Å². The van der Waals surface area contributed by atoms with Crippen molar-refractivity contribution < 1.29 is 34.8 Å². The fourth-order valence-electron chi connectivity index (χ4n) is 8.80. The molecule has 0 radical (unpaired) electrons. The molecule has 0 saturated carbocycles. The fourth-order valence-corrected chi connectivity index (χ4v) is 8.80. The number of carbonyl (C=O) groups is 3. The molecule has 7 nitrogen and oxygen atoms in total. The number of allylic oxidation sites excluding steroid dienone is 6. The van der Waals surface area contributed by atoms with E-state index in [4.69, 9.17) is 0 Å². The van der Waals surface area contributed by atoms with E-state index < -0.39 is 51.0 Å². The van der Waals surface area contributed by atoms with Gasteiger partial charge in [0, 0.05) is 22.3 Å². The van der Waals surface area contributed by atoms with Gasteiger partial charge in [-0.3, -0.25) is 14.4 Å². The molecule has 1 unspecified atom stereocenters. The van der Waals surface area contributed by atoms with Crippen LogP contribution in [0.1, 0.15) is 80.1 Å². The molecule has 0 aliphatic heterocycles. The predicted molar refractivity (Wildman–Crippen MR) is 171 cm³/mol. The van der Waals surface area contributed by atoms with Gasteiger partial charge in [0.05, 0.1) is 5.56 Å². The van der Waals surface area contributed by atoms with Gasteiger partial charge in [-0.05, 0) is 67.7 Å². The molecule has 2 aromatic rings. The highest BCUT2D eigenvalue weighted by Crippen LogP contribution is 2.65. The molecule has 0 fully saturated rings. The molecule has 4 aliphatic carbocycles. The predicted octanol–water partition coefficient (Wildman–Crippen LogP) is 6.61. The SMILES string of the molecule is CC(=O)C1=C(O)C(C(C)C)[C@@]2(C)C[C@@]3(C)Cc4ccc(CC5=CC(c6ccc(C)cc6)=CC5)c(O)c4C(=O)C3=C(O)[C@@]2(O)C1=O. The second-order valence-electron chi connectivity index (χ2n) is 14.3. The van der Waals surface area contributed by atoms with Crippen LogP contribution >= 0.6 is 0 Å². The molecule has 0 amide bonds. The molecule has 0 heterocycles.